The molecule has 0 bridgehead atoms. The molecular formula is C22H27NO8. The predicted molar refractivity (Wildman–Crippen MR) is 109 cm³/mol. The maximum atomic E-state index is 11.6. The number of ether oxygens (including phenoxy) is 5. The van der Waals surface area contributed by atoms with Gasteiger partial charge in [-0.05, 0) is 18.1 Å². The maximum absolute atomic E-state index is 11.6. The molecule has 2 heterocycles. The lowest BCUT2D eigenvalue weighted by Crippen LogP contribution is -2.53. The number of aromatic nitrogens is 1. The molecule has 1 aliphatic rings. The second-order valence-electron chi connectivity index (χ2n) is 7.36. The van der Waals surface area contributed by atoms with Gasteiger partial charge in [0.2, 0.25) is 0 Å². The minimum Gasteiger partial charge on any atom is -0.463 e. The number of hydrogen-bond donors (Lipinski definition) is 1. The summed E-state index contributed by atoms with van der Waals surface area (Å²) in [4.78, 5) is 37.5. The first-order valence-electron chi connectivity index (χ1n) is 10.1. The topological polar surface area (TPSA) is 113 Å². The number of carbonyl (C=O) groups is 3. The summed E-state index contributed by atoms with van der Waals surface area (Å²) in [5, 5.41) is 1.11. The first-order valence-corrected chi connectivity index (χ1v) is 10.1. The van der Waals surface area contributed by atoms with Crippen LogP contribution in [0.15, 0.2) is 30.5 Å². The Labute approximate surface area is 179 Å². The fourth-order valence-corrected chi connectivity index (χ4v) is 3.61. The van der Waals surface area contributed by atoms with E-state index in [2.05, 4.69) is 4.98 Å². The van der Waals surface area contributed by atoms with Crippen LogP contribution >= 0.6 is 0 Å². The van der Waals surface area contributed by atoms with Gasteiger partial charge in [0.25, 0.3) is 0 Å². The Morgan fingerprint density at radius 3 is 2.45 bits per heavy atom. The molecule has 1 fully saturated rings. The standard InChI is InChI=1S/C22H27NO8/c1-13(24)28-12-21-19(29-14(2)25)10-20(30-15(3)26)22(31-21)27-9-8-16-11-23-18-7-5-4-6-17(16)18/h4-7,11,19-23H,8-10,12H2,1-3H3/t19-,20-,21-,22-/m1/s1. The van der Waals surface area contributed by atoms with Gasteiger partial charge in [-0.1, -0.05) is 18.2 Å². The molecule has 0 radical (unpaired) electrons. The normalized spacial score (nSPS) is 23.3. The summed E-state index contributed by atoms with van der Waals surface area (Å²) in [6.07, 6.45) is -0.423. The summed E-state index contributed by atoms with van der Waals surface area (Å²) in [6, 6.07) is 7.95. The van der Waals surface area contributed by atoms with E-state index in [0.717, 1.165) is 16.5 Å². The molecule has 31 heavy (non-hydrogen) atoms. The van der Waals surface area contributed by atoms with Crippen LogP contribution in [0.5, 0.6) is 0 Å². The van der Waals surface area contributed by atoms with E-state index in [1.54, 1.807) is 0 Å². The summed E-state index contributed by atoms with van der Waals surface area (Å²) in [7, 11) is 0. The van der Waals surface area contributed by atoms with E-state index in [1.165, 1.54) is 20.8 Å². The second kappa shape index (κ2) is 10.4. The van der Waals surface area contributed by atoms with Gasteiger partial charge in [0.1, 0.15) is 18.8 Å². The van der Waals surface area contributed by atoms with Crippen molar-refractivity contribution >= 4 is 28.8 Å². The summed E-state index contributed by atoms with van der Waals surface area (Å²) in [5.74, 6) is -1.50. The molecule has 2 aromatic rings. The fourth-order valence-electron chi connectivity index (χ4n) is 3.61. The van der Waals surface area contributed by atoms with Crippen molar-refractivity contribution in [1.29, 1.82) is 0 Å². The van der Waals surface area contributed by atoms with Crippen molar-refractivity contribution < 1.29 is 38.1 Å². The van der Waals surface area contributed by atoms with Crippen LogP contribution in [0.1, 0.15) is 32.8 Å². The first-order chi connectivity index (χ1) is 14.8. The number of fused-ring (bicyclic) bond motifs is 1. The zero-order valence-electron chi connectivity index (χ0n) is 17.8. The smallest absolute Gasteiger partial charge is 0.303 e. The van der Waals surface area contributed by atoms with Crippen molar-refractivity contribution in [3.8, 4) is 0 Å². The van der Waals surface area contributed by atoms with Gasteiger partial charge >= 0.3 is 17.9 Å². The average Bonchev–Trinajstić information content (AvgIpc) is 3.11. The molecule has 168 valence electrons. The molecule has 0 saturated carbocycles. The molecule has 9 heteroatoms. The molecule has 0 unspecified atom stereocenters. The van der Waals surface area contributed by atoms with Gasteiger partial charge in [-0.3, -0.25) is 14.4 Å². The van der Waals surface area contributed by atoms with Gasteiger partial charge in [-0.25, -0.2) is 0 Å². The van der Waals surface area contributed by atoms with Crippen LogP contribution in [0.4, 0.5) is 0 Å². The molecule has 1 saturated heterocycles. The van der Waals surface area contributed by atoms with Crippen molar-refractivity contribution in [3.63, 3.8) is 0 Å². The molecular weight excluding hydrogens is 406 g/mol. The minimum absolute atomic E-state index is 0.109. The van der Waals surface area contributed by atoms with Crippen molar-refractivity contribution in [2.24, 2.45) is 0 Å². The maximum Gasteiger partial charge on any atom is 0.303 e. The monoisotopic (exact) mass is 433 g/mol. The second-order valence-corrected chi connectivity index (χ2v) is 7.36. The van der Waals surface area contributed by atoms with E-state index >= 15 is 0 Å². The Morgan fingerprint density at radius 1 is 1.03 bits per heavy atom. The lowest BCUT2D eigenvalue weighted by atomic mass is 10.0. The number of hydrogen-bond acceptors (Lipinski definition) is 8. The Kier molecular flexibility index (Phi) is 7.64. The molecule has 0 aliphatic carbocycles. The number of carbonyl (C=O) groups excluding carboxylic acids is 3. The van der Waals surface area contributed by atoms with Gasteiger partial charge < -0.3 is 28.7 Å². The van der Waals surface area contributed by atoms with Gasteiger partial charge in [-0.15, -0.1) is 0 Å². The zero-order valence-corrected chi connectivity index (χ0v) is 17.8. The molecule has 1 aromatic carbocycles. The Balaban J connectivity index is 1.67. The summed E-state index contributed by atoms with van der Waals surface area (Å²) >= 11 is 0. The van der Waals surface area contributed by atoms with Crippen LogP contribution in [0, 0.1) is 0 Å². The number of benzene rings is 1. The Bertz CT molecular complexity index is 923. The fraction of sp³-hybridized carbons (Fsp3) is 0.500. The van der Waals surface area contributed by atoms with Crippen LogP contribution in [-0.2, 0) is 44.5 Å². The van der Waals surface area contributed by atoms with Crippen molar-refractivity contribution in [2.75, 3.05) is 13.2 Å². The Morgan fingerprint density at radius 2 is 1.74 bits per heavy atom. The van der Waals surface area contributed by atoms with Gasteiger partial charge in [-0.2, -0.15) is 0 Å². The number of para-hydroxylation sites is 1. The van der Waals surface area contributed by atoms with E-state index in [1.807, 2.05) is 30.5 Å². The Hall–Kier alpha value is -2.91. The predicted octanol–water partition coefficient (Wildman–Crippen LogP) is 2.27. The van der Waals surface area contributed by atoms with E-state index in [0.29, 0.717) is 13.0 Å². The molecule has 3 rings (SSSR count). The van der Waals surface area contributed by atoms with Gasteiger partial charge in [0.15, 0.2) is 12.4 Å². The van der Waals surface area contributed by atoms with Crippen LogP contribution in [0.25, 0.3) is 10.9 Å². The average molecular weight is 433 g/mol. The molecule has 0 amide bonds. The zero-order chi connectivity index (χ0) is 22.4. The first kappa shape index (κ1) is 22.8. The number of H-pyrrole nitrogens is 1. The lowest BCUT2D eigenvalue weighted by Gasteiger charge is -2.39. The highest BCUT2D eigenvalue weighted by Crippen LogP contribution is 2.27. The molecule has 1 aliphatic heterocycles. The van der Waals surface area contributed by atoms with Crippen LogP contribution in [0.3, 0.4) is 0 Å². The van der Waals surface area contributed by atoms with E-state index < -0.39 is 42.5 Å². The number of aromatic amines is 1. The molecule has 1 aromatic heterocycles. The molecule has 4 atom stereocenters. The highest BCUT2D eigenvalue weighted by Gasteiger charge is 2.42. The van der Waals surface area contributed by atoms with E-state index in [9.17, 15) is 14.4 Å². The summed E-state index contributed by atoms with van der Waals surface area (Å²) in [5.41, 5.74) is 2.12. The van der Waals surface area contributed by atoms with E-state index in [-0.39, 0.29) is 13.0 Å². The van der Waals surface area contributed by atoms with Crippen LogP contribution in [0.2, 0.25) is 0 Å². The van der Waals surface area contributed by atoms with Crippen molar-refractivity contribution in [2.45, 2.75) is 58.2 Å². The molecule has 0 spiro atoms. The highest BCUT2D eigenvalue weighted by atomic mass is 16.7. The number of rotatable bonds is 8. The van der Waals surface area contributed by atoms with E-state index in [4.69, 9.17) is 23.7 Å². The van der Waals surface area contributed by atoms with Crippen molar-refractivity contribution in [3.05, 3.63) is 36.0 Å². The third-order valence-corrected chi connectivity index (χ3v) is 4.91. The van der Waals surface area contributed by atoms with Crippen LogP contribution < -0.4 is 0 Å². The quantitative estimate of drug-likeness (QED) is 0.498. The molecule has 1 N–H and O–H groups in total. The largest absolute Gasteiger partial charge is 0.463 e. The SMILES string of the molecule is CC(=O)OC[C@H]1O[C@@H](OCCc2c[nH]c3ccccc23)[C@H](OC(C)=O)C[C@H]1OC(C)=O. The summed E-state index contributed by atoms with van der Waals surface area (Å²) < 4.78 is 27.5. The van der Waals surface area contributed by atoms with Gasteiger partial charge in [0.05, 0.1) is 6.61 Å². The summed E-state index contributed by atoms with van der Waals surface area (Å²) in [6.45, 7) is 4.04. The number of nitrogens with one attached hydrogen (secondary N) is 1. The lowest BCUT2D eigenvalue weighted by molar-refractivity contribution is -0.277. The highest BCUT2D eigenvalue weighted by molar-refractivity contribution is 5.83. The third-order valence-electron chi connectivity index (χ3n) is 4.91. The van der Waals surface area contributed by atoms with Gasteiger partial charge in [0, 0.05) is 44.3 Å². The van der Waals surface area contributed by atoms with Crippen LogP contribution in [-0.4, -0.2) is 60.7 Å². The molecule has 9 nitrogen and oxygen atoms in total. The van der Waals surface area contributed by atoms with Crippen molar-refractivity contribution in [1.82, 2.24) is 4.98 Å². The number of esters is 3. The minimum atomic E-state index is -0.888. The third kappa shape index (κ3) is 6.28.